The molecule has 0 bridgehead atoms. The van der Waals surface area contributed by atoms with Crippen LogP contribution in [0.3, 0.4) is 0 Å². The lowest BCUT2D eigenvalue weighted by Crippen LogP contribution is -2.25. The predicted octanol–water partition coefficient (Wildman–Crippen LogP) is 7.77. The molecule has 1 nitrogen and oxygen atoms in total. The molecule has 3 heteroatoms. The maximum Gasteiger partial charge on any atom is 0.131 e. The molecule has 2 aliphatic carbocycles. The van der Waals surface area contributed by atoms with E-state index in [1.807, 2.05) is 0 Å². The van der Waals surface area contributed by atoms with Crippen molar-refractivity contribution in [1.82, 2.24) is 0 Å². The van der Waals surface area contributed by atoms with Crippen molar-refractivity contribution in [3.63, 3.8) is 0 Å². The summed E-state index contributed by atoms with van der Waals surface area (Å²) in [5.41, 5.74) is 0.892. The monoisotopic (exact) mass is 392 g/mol. The maximum absolute atomic E-state index is 14.2. The summed E-state index contributed by atoms with van der Waals surface area (Å²) in [4.78, 5) is 0. The number of hydrogen-bond donors (Lipinski definition) is 0. The molecular formula is C25H38F2O. The highest BCUT2D eigenvalue weighted by Gasteiger charge is 2.31. The first-order valence-corrected chi connectivity index (χ1v) is 11.6. The molecule has 28 heavy (non-hydrogen) atoms. The molecule has 0 N–H and O–H groups in total. The van der Waals surface area contributed by atoms with Crippen molar-refractivity contribution in [1.29, 1.82) is 0 Å². The smallest absolute Gasteiger partial charge is 0.131 e. The van der Waals surface area contributed by atoms with Gasteiger partial charge in [-0.2, -0.15) is 0 Å². The highest BCUT2D eigenvalue weighted by molar-refractivity contribution is 5.28. The Morgan fingerprint density at radius 1 is 0.857 bits per heavy atom. The van der Waals surface area contributed by atoms with Crippen LogP contribution in [0.25, 0.3) is 0 Å². The van der Waals surface area contributed by atoms with E-state index in [9.17, 15) is 8.78 Å². The Balaban J connectivity index is 1.47. The largest absolute Gasteiger partial charge is 0.380 e. The van der Waals surface area contributed by atoms with Crippen LogP contribution >= 0.6 is 0 Å². The second-order valence-corrected chi connectivity index (χ2v) is 9.28. The Morgan fingerprint density at radius 3 is 1.96 bits per heavy atom. The van der Waals surface area contributed by atoms with E-state index in [2.05, 4.69) is 6.92 Å². The molecule has 2 saturated carbocycles. The highest BCUT2D eigenvalue weighted by atomic mass is 19.1. The zero-order chi connectivity index (χ0) is 19.9. The first kappa shape index (κ1) is 21.7. The number of halogens is 2. The lowest BCUT2D eigenvalue weighted by atomic mass is 9.68. The van der Waals surface area contributed by atoms with E-state index in [1.54, 1.807) is 12.1 Å². The van der Waals surface area contributed by atoms with E-state index >= 15 is 0 Å². The predicted molar refractivity (Wildman–Crippen MR) is 111 cm³/mol. The van der Waals surface area contributed by atoms with Crippen LogP contribution in [-0.2, 0) is 11.3 Å². The first-order chi connectivity index (χ1) is 13.6. The van der Waals surface area contributed by atoms with Gasteiger partial charge in [-0.3, -0.25) is 0 Å². The topological polar surface area (TPSA) is 9.23 Å². The normalized spacial score (nSPS) is 28.4. The summed E-state index contributed by atoms with van der Waals surface area (Å²) in [5, 5.41) is 0. The third-order valence-electron chi connectivity index (χ3n) is 7.47. The van der Waals surface area contributed by atoms with Crippen LogP contribution in [-0.4, -0.2) is 7.11 Å². The van der Waals surface area contributed by atoms with Gasteiger partial charge >= 0.3 is 0 Å². The van der Waals surface area contributed by atoms with Gasteiger partial charge in [0.15, 0.2) is 0 Å². The second kappa shape index (κ2) is 10.7. The van der Waals surface area contributed by atoms with Gasteiger partial charge in [-0.15, -0.1) is 0 Å². The van der Waals surface area contributed by atoms with Crippen molar-refractivity contribution >= 4 is 0 Å². The summed E-state index contributed by atoms with van der Waals surface area (Å²) in [6.07, 6.45) is 15.8. The minimum atomic E-state index is -0.458. The van der Waals surface area contributed by atoms with Gasteiger partial charge in [0, 0.05) is 12.7 Å². The van der Waals surface area contributed by atoms with Gasteiger partial charge in [0.1, 0.15) is 11.6 Å². The highest BCUT2D eigenvalue weighted by Crippen LogP contribution is 2.44. The van der Waals surface area contributed by atoms with Crippen molar-refractivity contribution in [2.24, 2.45) is 17.8 Å². The third kappa shape index (κ3) is 5.55. The minimum Gasteiger partial charge on any atom is -0.380 e. The lowest BCUT2D eigenvalue weighted by Gasteiger charge is -2.38. The van der Waals surface area contributed by atoms with E-state index < -0.39 is 11.6 Å². The third-order valence-corrected chi connectivity index (χ3v) is 7.47. The molecule has 0 aliphatic heterocycles. The van der Waals surface area contributed by atoms with Crippen LogP contribution in [0.4, 0.5) is 8.78 Å². The van der Waals surface area contributed by atoms with Gasteiger partial charge in [-0.25, -0.2) is 8.78 Å². The van der Waals surface area contributed by atoms with Crippen molar-refractivity contribution < 1.29 is 13.5 Å². The SMILES string of the molecule is CCCCCC1CCC(C2CCC(c3cc(F)c(COC)c(F)c3)CC2)CC1. The van der Waals surface area contributed by atoms with E-state index in [0.717, 1.165) is 36.2 Å². The molecular weight excluding hydrogens is 354 g/mol. The number of rotatable bonds is 8. The molecule has 1 aromatic carbocycles. The van der Waals surface area contributed by atoms with Gasteiger partial charge in [-0.05, 0) is 79.9 Å². The fourth-order valence-corrected chi connectivity index (χ4v) is 5.70. The van der Waals surface area contributed by atoms with Crippen molar-refractivity contribution in [3.05, 3.63) is 34.9 Å². The Morgan fingerprint density at radius 2 is 1.43 bits per heavy atom. The molecule has 158 valence electrons. The molecule has 0 unspecified atom stereocenters. The van der Waals surface area contributed by atoms with Crippen LogP contribution in [0.5, 0.6) is 0 Å². The van der Waals surface area contributed by atoms with Gasteiger partial charge in [-0.1, -0.05) is 45.4 Å². The molecule has 0 atom stereocenters. The van der Waals surface area contributed by atoms with Crippen molar-refractivity contribution in [2.75, 3.05) is 7.11 Å². The summed E-state index contributed by atoms with van der Waals surface area (Å²) in [6, 6.07) is 3.09. The first-order valence-electron chi connectivity index (χ1n) is 11.6. The van der Waals surface area contributed by atoms with E-state index in [1.165, 1.54) is 71.3 Å². The van der Waals surface area contributed by atoms with Crippen molar-refractivity contribution in [3.8, 4) is 0 Å². The van der Waals surface area contributed by atoms with Crippen LogP contribution in [0.1, 0.15) is 101 Å². The van der Waals surface area contributed by atoms with Gasteiger partial charge in [0.05, 0.1) is 6.61 Å². The quantitative estimate of drug-likeness (QED) is 0.411. The van der Waals surface area contributed by atoms with Gasteiger partial charge in [0.25, 0.3) is 0 Å². The number of methoxy groups -OCH3 is 1. The zero-order valence-corrected chi connectivity index (χ0v) is 17.8. The number of unbranched alkanes of at least 4 members (excludes halogenated alkanes) is 2. The maximum atomic E-state index is 14.2. The molecule has 2 fully saturated rings. The zero-order valence-electron chi connectivity index (χ0n) is 17.8. The number of benzene rings is 1. The van der Waals surface area contributed by atoms with Crippen LogP contribution in [0.15, 0.2) is 12.1 Å². The average molecular weight is 393 g/mol. The van der Waals surface area contributed by atoms with Crippen LogP contribution < -0.4 is 0 Å². The average Bonchev–Trinajstić information content (AvgIpc) is 2.71. The number of hydrogen-bond acceptors (Lipinski definition) is 1. The summed E-state index contributed by atoms with van der Waals surface area (Å²) in [7, 11) is 1.47. The summed E-state index contributed by atoms with van der Waals surface area (Å²) in [5.74, 6) is 2.08. The van der Waals surface area contributed by atoms with E-state index in [0.29, 0.717) is 5.92 Å². The molecule has 0 spiro atoms. The summed E-state index contributed by atoms with van der Waals surface area (Å²) < 4.78 is 33.4. The Hall–Kier alpha value is -0.960. The Bertz CT molecular complexity index is 576. The summed E-state index contributed by atoms with van der Waals surface area (Å²) >= 11 is 0. The minimum absolute atomic E-state index is 0.00813. The fraction of sp³-hybridized carbons (Fsp3) is 0.760. The van der Waals surface area contributed by atoms with Crippen LogP contribution in [0, 0.1) is 29.4 Å². The Kier molecular flexibility index (Phi) is 8.32. The fourth-order valence-electron chi connectivity index (χ4n) is 5.70. The molecule has 3 rings (SSSR count). The molecule has 0 radical (unpaired) electrons. The number of ether oxygens (including phenoxy) is 1. The summed E-state index contributed by atoms with van der Waals surface area (Å²) in [6.45, 7) is 2.27. The lowest BCUT2D eigenvalue weighted by molar-refractivity contribution is 0.155. The van der Waals surface area contributed by atoms with Crippen molar-refractivity contribution in [2.45, 2.75) is 96.5 Å². The molecule has 0 amide bonds. The van der Waals surface area contributed by atoms with Gasteiger partial charge in [0.2, 0.25) is 0 Å². The molecule has 2 aliphatic rings. The molecule has 0 saturated heterocycles. The van der Waals surface area contributed by atoms with Gasteiger partial charge < -0.3 is 4.74 Å². The standard InChI is InChI=1S/C25H38F2O/c1-3-4-5-6-18-7-9-19(10-8-18)20-11-13-21(14-12-20)22-15-24(26)23(17-28-2)25(27)16-22/h15-16,18-21H,3-14,17H2,1-2H3. The second-order valence-electron chi connectivity index (χ2n) is 9.28. The van der Waals surface area contributed by atoms with E-state index in [-0.39, 0.29) is 12.2 Å². The molecule has 0 heterocycles. The van der Waals surface area contributed by atoms with E-state index in [4.69, 9.17) is 4.74 Å². The Labute approximate surface area is 170 Å². The van der Waals surface area contributed by atoms with Crippen LogP contribution in [0.2, 0.25) is 0 Å². The molecule has 0 aromatic heterocycles. The molecule has 1 aromatic rings.